The Hall–Kier alpha value is -2.16. The number of carboxylic acids is 3. The molecule has 9 heteroatoms. The molecule has 0 aromatic rings. The number of nitrogens with zero attached hydrogens (tertiary/aromatic N) is 1. The minimum absolute atomic E-state index is 0.107. The molecule has 0 rings (SSSR count). The molecule has 1 amide bonds. The van der Waals surface area contributed by atoms with Crippen molar-refractivity contribution in [3.05, 3.63) is 0 Å². The first-order valence-corrected chi connectivity index (χ1v) is 9.95. The number of unbranched alkanes of at least 4 members (excludes halogenated alkanes) is 7. The molecule has 0 radical (unpaired) electrons. The SMILES string of the molecule is CCCCCCCCCCNC(=O)CCC(C(=O)O)N(CC(=O)O)CC(=O)O. The van der Waals surface area contributed by atoms with Gasteiger partial charge < -0.3 is 20.6 Å². The lowest BCUT2D eigenvalue weighted by Crippen LogP contribution is -2.47. The Kier molecular flexibility index (Phi) is 14.6. The van der Waals surface area contributed by atoms with Crippen molar-refractivity contribution in [1.82, 2.24) is 10.2 Å². The van der Waals surface area contributed by atoms with Crippen LogP contribution in [-0.2, 0) is 19.2 Å². The Morgan fingerprint density at radius 3 is 1.79 bits per heavy atom. The zero-order valence-electron chi connectivity index (χ0n) is 16.7. The molecular formula is C19H34N2O7. The van der Waals surface area contributed by atoms with Crippen LogP contribution in [0.15, 0.2) is 0 Å². The summed E-state index contributed by atoms with van der Waals surface area (Å²) in [5, 5.41) is 29.7. The number of amides is 1. The van der Waals surface area contributed by atoms with Crippen LogP contribution in [-0.4, -0.2) is 69.7 Å². The second kappa shape index (κ2) is 15.9. The Morgan fingerprint density at radius 2 is 1.32 bits per heavy atom. The van der Waals surface area contributed by atoms with Gasteiger partial charge in [0, 0.05) is 13.0 Å². The average Bonchev–Trinajstić information content (AvgIpc) is 2.59. The van der Waals surface area contributed by atoms with E-state index >= 15 is 0 Å². The highest BCUT2D eigenvalue weighted by atomic mass is 16.4. The van der Waals surface area contributed by atoms with Crippen LogP contribution in [0.4, 0.5) is 0 Å². The van der Waals surface area contributed by atoms with Crippen molar-refractivity contribution in [3.8, 4) is 0 Å². The number of aliphatic carboxylic acids is 3. The van der Waals surface area contributed by atoms with Crippen LogP contribution >= 0.6 is 0 Å². The summed E-state index contributed by atoms with van der Waals surface area (Å²) in [5.74, 6) is -4.32. The molecular weight excluding hydrogens is 368 g/mol. The van der Waals surface area contributed by atoms with Gasteiger partial charge in [0.2, 0.25) is 5.91 Å². The van der Waals surface area contributed by atoms with Crippen molar-refractivity contribution < 1.29 is 34.5 Å². The molecule has 0 aromatic carbocycles. The van der Waals surface area contributed by atoms with Crippen LogP contribution in [0, 0.1) is 0 Å². The fraction of sp³-hybridized carbons (Fsp3) is 0.789. The fourth-order valence-electron chi connectivity index (χ4n) is 2.93. The first kappa shape index (κ1) is 25.8. The summed E-state index contributed by atoms with van der Waals surface area (Å²) < 4.78 is 0. The van der Waals surface area contributed by atoms with E-state index in [-0.39, 0.29) is 18.7 Å². The van der Waals surface area contributed by atoms with Gasteiger partial charge in [0.05, 0.1) is 13.1 Å². The smallest absolute Gasteiger partial charge is 0.320 e. The quantitative estimate of drug-likeness (QED) is 0.255. The van der Waals surface area contributed by atoms with Gasteiger partial charge in [-0.2, -0.15) is 0 Å². The van der Waals surface area contributed by atoms with Crippen molar-refractivity contribution in [2.24, 2.45) is 0 Å². The molecule has 28 heavy (non-hydrogen) atoms. The molecule has 1 unspecified atom stereocenters. The molecule has 0 saturated heterocycles. The highest BCUT2D eigenvalue weighted by molar-refractivity contribution is 5.80. The van der Waals surface area contributed by atoms with Gasteiger partial charge >= 0.3 is 17.9 Å². The molecule has 0 aliphatic carbocycles. The third-order valence-corrected chi connectivity index (χ3v) is 4.40. The largest absolute Gasteiger partial charge is 0.480 e. The lowest BCUT2D eigenvalue weighted by molar-refractivity contribution is -0.149. The van der Waals surface area contributed by atoms with Crippen LogP contribution in [0.25, 0.3) is 0 Å². The molecule has 9 nitrogen and oxygen atoms in total. The molecule has 0 heterocycles. The maximum absolute atomic E-state index is 11.9. The van der Waals surface area contributed by atoms with Gasteiger partial charge in [0.15, 0.2) is 0 Å². The van der Waals surface area contributed by atoms with Gasteiger partial charge in [-0.05, 0) is 12.8 Å². The maximum Gasteiger partial charge on any atom is 0.320 e. The molecule has 0 aliphatic rings. The van der Waals surface area contributed by atoms with Gasteiger partial charge in [-0.1, -0.05) is 51.9 Å². The molecule has 0 saturated carbocycles. The Balaban J connectivity index is 4.16. The van der Waals surface area contributed by atoms with Gasteiger partial charge in [0.1, 0.15) is 6.04 Å². The van der Waals surface area contributed by atoms with Crippen molar-refractivity contribution in [2.75, 3.05) is 19.6 Å². The average molecular weight is 402 g/mol. The third kappa shape index (κ3) is 14.0. The maximum atomic E-state index is 11.9. The monoisotopic (exact) mass is 402 g/mol. The van der Waals surface area contributed by atoms with Crippen LogP contribution < -0.4 is 5.32 Å². The van der Waals surface area contributed by atoms with E-state index in [9.17, 15) is 24.3 Å². The van der Waals surface area contributed by atoms with E-state index < -0.39 is 37.0 Å². The lowest BCUT2D eigenvalue weighted by Gasteiger charge is -2.25. The Bertz CT molecular complexity index is 481. The number of carbonyl (C=O) groups is 4. The van der Waals surface area contributed by atoms with E-state index in [1.54, 1.807) is 0 Å². The normalized spacial score (nSPS) is 11.9. The number of rotatable bonds is 18. The number of hydrogen-bond acceptors (Lipinski definition) is 5. The van der Waals surface area contributed by atoms with Gasteiger partial charge in [-0.15, -0.1) is 0 Å². The highest BCUT2D eigenvalue weighted by Gasteiger charge is 2.29. The van der Waals surface area contributed by atoms with Crippen molar-refractivity contribution >= 4 is 23.8 Å². The highest BCUT2D eigenvalue weighted by Crippen LogP contribution is 2.09. The zero-order chi connectivity index (χ0) is 21.4. The molecule has 0 aromatic heterocycles. The summed E-state index contributed by atoms with van der Waals surface area (Å²) >= 11 is 0. The lowest BCUT2D eigenvalue weighted by atomic mass is 10.1. The fourth-order valence-corrected chi connectivity index (χ4v) is 2.93. The van der Waals surface area contributed by atoms with Crippen molar-refractivity contribution in [2.45, 2.75) is 77.2 Å². The van der Waals surface area contributed by atoms with Crippen molar-refractivity contribution in [3.63, 3.8) is 0 Å². The molecule has 0 fully saturated rings. The number of nitrogens with one attached hydrogen (secondary N) is 1. The first-order chi connectivity index (χ1) is 13.3. The van der Waals surface area contributed by atoms with Gasteiger partial charge in [0.25, 0.3) is 0 Å². The van der Waals surface area contributed by atoms with Crippen LogP contribution in [0.3, 0.4) is 0 Å². The van der Waals surface area contributed by atoms with E-state index in [4.69, 9.17) is 10.2 Å². The summed E-state index contributed by atoms with van der Waals surface area (Å²) in [4.78, 5) is 45.8. The predicted octanol–water partition coefficient (Wildman–Crippen LogP) is 1.95. The van der Waals surface area contributed by atoms with E-state index in [0.29, 0.717) is 6.54 Å². The van der Waals surface area contributed by atoms with E-state index in [1.807, 2.05) is 0 Å². The molecule has 1 atom stereocenters. The minimum Gasteiger partial charge on any atom is -0.480 e. The topological polar surface area (TPSA) is 144 Å². The third-order valence-electron chi connectivity index (χ3n) is 4.40. The van der Waals surface area contributed by atoms with Crippen molar-refractivity contribution in [1.29, 1.82) is 0 Å². The summed E-state index contributed by atoms with van der Waals surface area (Å²) in [7, 11) is 0. The van der Waals surface area contributed by atoms with E-state index in [1.165, 1.54) is 32.1 Å². The Labute approximate surface area is 166 Å². The molecule has 0 bridgehead atoms. The summed E-state index contributed by atoms with van der Waals surface area (Å²) in [5.41, 5.74) is 0. The van der Waals surface area contributed by atoms with Crippen LogP contribution in [0.1, 0.15) is 71.1 Å². The van der Waals surface area contributed by atoms with E-state index in [2.05, 4.69) is 12.2 Å². The van der Waals surface area contributed by atoms with Gasteiger partial charge in [-0.25, -0.2) is 0 Å². The second-order valence-corrected chi connectivity index (χ2v) is 6.91. The summed E-state index contributed by atoms with van der Waals surface area (Å²) in [6, 6.07) is -1.35. The molecule has 0 spiro atoms. The van der Waals surface area contributed by atoms with E-state index in [0.717, 1.165) is 24.2 Å². The molecule has 0 aliphatic heterocycles. The first-order valence-electron chi connectivity index (χ1n) is 9.95. The minimum atomic E-state index is -1.35. The second-order valence-electron chi connectivity index (χ2n) is 6.91. The van der Waals surface area contributed by atoms with Gasteiger partial charge in [-0.3, -0.25) is 24.1 Å². The number of carboxylic acid groups (broad SMARTS) is 3. The number of hydrogen-bond donors (Lipinski definition) is 4. The van der Waals surface area contributed by atoms with Crippen LogP contribution in [0.5, 0.6) is 0 Å². The van der Waals surface area contributed by atoms with Crippen LogP contribution in [0.2, 0.25) is 0 Å². The Morgan fingerprint density at radius 1 is 0.821 bits per heavy atom. The zero-order valence-corrected chi connectivity index (χ0v) is 16.7. The standard InChI is InChI=1S/C19H34N2O7/c1-2-3-4-5-6-7-8-9-12-20-16(22)11-10-15(19(27)28)21(13-17(23)24)14-18(25)26/h15H,2-14H2,1H3,(H,20,22)(H,23,24)(H,25,26)(H,27,28). The predicted molar refractivity (Wildman–Crippen MR) is 103 cm³/mol. The molecule has 162 valence electrons. The molecule has 4 N–H and O–H groups in total. The number of carbonyl (C=O) groups excluding carboxylic acids is 1. The summed E-state index contributed by atoms with van der Waals surface area (Å²) in [6.45, 7) is 1.25. The summed E-state index contributed by atoms with van der Waals surface area (Å²) in [6.07, 6.45) is 8.92.